The average Bonchev–Trinajstić information content (AvgIpc) is 3.15. The molecule has 1 atom stereocenters. The van der Waals surface area contributed by atoms with Crippen molar-refractivity contribution in [2.24, 2.45) is 0 Å². The molecule has 1 aliphatic rings. The van der Waals surface area contributed by atoms with E-state index in [9.17, 15) is 18.8 Å². The van der Waals surface area contributed by atoms with Gasteiger partial charge in [-0.15, -0.1) is 11.8 Å². The summed E-state index contributed by atoms with van der Waals surface area (Å²) in [6, 6.07) is 16.6. The Hall–Kier alpha value is -3.59. The molecule has 9 heteroatoms. The van der Waals surface area contributed by atoms with E-state index in [-0.39, 0.29) is 31.0 Å². The van der Waals surface area contributed by atoms with Gasteiger partial charge in [0.15, 0.2) is 0 Å². The number of carboxylic acids is 1. The molecule has 4 rings (SSSR count). The number of carbonyl (C=O) groups excluding carboxylic acids is 2. The van der Waals surface area contributed by atoms with Crippen molar-refractivity contribution in [3.8, 4) is 11.3 Å². The first-order valence-electron chi connectivity index (χ1n) is 9.95. The van der Waals surface area contributed by atoms with Crippen LogP contribution in [0.5, 0.6) is 0 Å². The van der Waals surface area contributed by atoms with Gasteiger partial charge >= 0.3 is 5.97 Å². The Morgan fingerprint density at radius 1 is 1.09 bits per heavy atom. The number of thioether (sulfide) groups is 1. The highest BCUT2D eigenvalue weighted by molar-refractivity contribution is 8.01. The van der Waals surface area contributed by atoms with Crippen LogP contribution < -0.4 is 10.7 Å². The Bertz CT molecular complexity index is 1180. The van der Waals surface area contributed by atoms with Crippen LogP contribution in [0.4, 0.5) is 10.1 Å². The zero-order valence-electron chi connectivity index (χ0n) is 16.9. The lowest BCUT2D eigenvalue weighted by atomic mass is 10.1. The number of nitrogens with one attached hydrogen (secondary N) is 2. The number of amides is 2. The molecule has 0 aliphatic carbocycles. The first-order chi connectivity index (χ1) is 15.4. The highest BCUT2D eigenvalue weighted by Gasteiger charge is 2.29. The van der Waals surface area contributed by atoms with Gasteiger partial charge in [-0.1, -0.05) is 12.1 Å². The number of aliphatic carboxylic acids is 1. The van der Waals surface area contributed by atoms with Crippen LogP contribution in [0.1, 0.15) is 18.5 Å². The first kappa shape index (κ1) is 21.6. The van der Waals surface area contributed by atoms with Crippen molar-refractivity contribution in [1.82, 2.24) is 4.68 Å². The van der Waals surface area contributed by atoms with Crippen molar-refractivity contribution in [1.29, 1.82) is 0 Å². The zero-order valence-corrected chi connectivity index (χ0v) is 17.7. The van der Waals surface area contributed by atoms with Crippen LogP contribution >= 0.6 is 11.8 Å². The summed E-state index contributed by atoms with van der Waals surface area (Å²) in [5.41, 5.74) is 5.34. The highest BCUT2D eigenvalue weighted by atomic mass is 32.2. The van der Waals surface area contributed by atoms with Gasteiger partial charge in [-0.25, -0.2) is 4.39 Å². The summed E-state index contributed by atoms with van der Waals surface area (Å²) in [7, 11) is 0. The Morgan fingerprint density at radius 2 is 1.84 bits per heavy atom. The predicted octanol–water partition coefficient (Wildman–Crippen LogP) is 3.88. The predicted molar refractivity (Wildman–Crippen MR) is 119 cm³/mol. The van der Waals surface area contributed by atoms with Gasteiger partial charge in [-0.05, 0) is 48.5 Å². The van der Waals surface area contributed by atoms with Crippen LogP contribution in [0.25, 0.3) is 11.3 Å². The number of carboxylic acid groups (broad SMARTS) is 1. The van der Waals surface area contributed by atoms with E-state index in [0.717, 1.165) is 10.6 Å². The van der Waals surface area contributed by atoms with Crippen LogP contribution in [-0.2, 0) is 20.8 Å². The Morgan fingerprint density at radius 3 is 2.59 bits per heavy atom. The van der Waals surface area contributed by atoms with Crippen LogP contribution in [0, 0.1) is 5.82 Å². The van der Waals surface area contributed by atoms with Gasteiger partial charge in [-0.2, -0.15) is 0 Å². The molecule has 0 saturated heterocycles. The van der Waals surface area contributed by atoms with E-state index in [4.69, 9.17) is 5.11 Å². The van der Waals surface area contributed by atoms with Gasteiger partial charge in [0, 0.05) is 29.0 Å². The molecule has 2 heterocycles. The van der Waals surface area contributed by atoms with Crippen LogP contribution in [0.2, 0.25) is 0 Å². The van der Waals surface area contributed by atoms with E-state index in [2.05, 4.69) is 10.7 Å². The fourth-order valence-electron chi connectivity index (χ4n) is 3.45. The topological polar surface area (TPSA) is 100 Å². The number of carbonyl (C=O) groups is 3. The molecule has 0 saturated carbocycles. The molecule has 7 nitrogen and oxygen atoms in total. The lowest BCUT2D eigenvalue weighted by molar-refractivity contribution is -0.137. The molecule has 0 spiro atoms. The summed E-state index contributed by atoms with van der Waals surface area (Å²) >= 11 is 1.33. The zero-order chi connectivity index (χ0) is 22.7. The SMILES string of the molecule is O=C(O)CCc1ccc(-c2ccc(F)cc2)n1NC(=O)C[C@H]1Sc2ccccc2NC1=O. The number of hydrogen-bond donors (Lipinski definition) is 3. The van der Waals surface area contributed by atoms with Crippen molar-refractivity contribution in [2.75, 3.05) is 10.7 Å². The number of aromatic nitrogens is 1. The molecule has 164 valence electrons. The average molecular weight is 453 g/mol. The van der Waals surface area contributed by atoms with Crippen LogP contribution in [-0.4, -0.2) is 32.8 Å². The molecule has 3 N–H and O–H groups in total. The number of aryl methyl sites for hydroxylation is 1. The normalized spacial score (nSPS) is 15.0. The third-order valence-corrected chi connectivity index (χ3v) is 6.29. The smallest absolute Gasteiger partial charge is 0.303 e. The molecule has 32 heavy (non-hydrogen) atoms. The summed E-state index contributed by atoms with van der Waals surface area (Å²) < 4.78 is 14.9. The van der Waals surface area contributed by atoms with Crippen molar-refractivity contribution in [2.45, 2.75) is 29.4 Å². The minimum Gasteiger partial charge on any atom is -0.481 e. The van der Waals surface area contributed by atoms with Gasteiger partial charge in [0.2, 0.25) is 11.8 Å². The minimum absolute atomic E-state index is 0.0652. The molecule has 0 bridgehead atoms. The van der Waals surface area contributed by atoms with E-state index >= 15 is 0 Å². The maximum Gasteiger partial charge on any atom is 0.303 e. The van der Waals surface area contributed by atoms with Gasteiger partial charge in [0.05, 0.1) is 23.1 Å². The number of hydrogen-bond acceptors (Lipinski definition) is 4. The van der Waals surface area contributed by atoms with Gasteiger partial charge in [0.1, 0.15) is 5.82 Å². The second kappa shape index (κ2) is 9.27. The Labute approximate surface area is 187 Å². The monoisotopic (exact) mass is 453 g/mol. The lowest BCUT2D eigenvalue weighted by Crippen LogP contribution is -2.34. The molecule has 1 aliphatic heterocycles. The van der Waals surface area contributed by atoms with E-state index < -0.39 is 17.1 Å². The number of para-hydroxylation sites is 1. The molecule has 0 fully saturated rings. The standard InChI is InChI=1S/C23H20FN3O4S/c24-15-7-5-14(6-8-15)18-11-9-16(10-12-22(29)30)27(18)26-21(28)13-20-23(31)25-17-3-1-2-4-19(17)32-20/h1-9,11,20H,10,12-13H2,(H,25,31)(H,26,28)(H,29,30)/t20-/m1/s1. The van der Waals surface area contributed by atoms with E-state index in [1.54, 1.807) is 30.3 Å². The molecule has 0 radical (unpaired) electrons. The fourth-order valence-corrected chi connectivity index (χ4v) is 4.56. The molecule has 2 amide bonds. The van der Waals surface area contributed by atoms with E-state index in [0.29, 0.717) is 17.0 Å². The van der Waals surface area contributed by atoms with E-state index in [1.807, 2.05) is 18.2 Å². The van der Waals surface area contributed by atoms with Crippen LogP contribution in [0.15, 0.2) is 65.6 Å². The van der Waals surface area contributed by atoms with Crippen molar-refractivity contribution in [3.63, 3.8) is 0 Å². The highest BCUT2D eigenvalue weighted by Crippen LogP contribution is 2.36. The van der Waals surface area contributed by atoms with Gasteiger partial charge in [0.25, 0.3) is 0 Å². The summed E-state index contributed by atoms with van der Waals surface area (Å²) in [4.78, 5) is 37.2. The molecular weight excluding hydrogens is 433 g/mol. The third kappa shape index (κ3) is 4.83. The van der Waals surface area contributed by atoms with Crippen molar-refractivity contribution >= 4 is 35.2 Å². The van der Waals surface area contributed by atoms with Crippen LogP contribution in [0.3, 0.4) is 0 Å². The summed E-state index contributed by atoms with van der Waals surface area (Å²) in [6.45, 7) is 0. The number of benzene rings is 2. The number of anilines is 1. The number of nitrogens with zero attached hydrogens (tertiary/aromatic N) is 1. The molecule has 0 unspecified atom stereocenters. The largest absolute Gasteiger partial charge is 0.481 e. The number of rotatable bonds is 7. The third-order valence-electron chi connectivity index (χ3n) is 5.01. The summed E-state index contributed by atoms with van der Waals surface area (Å²) in [5.74, 6) is -1.99. The quantitative estimate of drug-likeness (QED) is 0.504. The van der Waals surface area contributed by atoms with Gasteiger partial charge in [-0.3, -0.25) is 24.5 Å². The fraction of sp³-hybridized carbons (Fsp3) is 0.174. The second-order valence-corrected chi connectivity index (χ2v) is 8.52. The number of fused-ring (bicyclic) bond motifs is 1. The second-order valence-electron chi connectivity index (χ2n) is 7.28. The maximum atomic E-state index is 13.3. The van der Waals surface area contributed by atoms with Crippen molar-refractivity contribution < 1.29 is 23.9 Å². The van der Waals surface area contributed by atoms with E-state index in [1.165, 1.54) is 28.6 Å². The molecule has 1 aromatic heterocycles. The Balaban J connectivity index is 1.54. The summed E-state index contributed by atoms with van der Waals surface area (Å²) in [6.07, 6.45) is 0.0213. The molecule has 2 aromatic carbocycles. The Kier molecular flexibility index (Phi) is 6.27. The van der Waals surface area contributed by atoms with Crippen molar-refractivity contribution in [3.05, 3.63) is 72.2 Å². The number of halogens is 1. The summed E-state index contributed by atoms with van der Waals surface area (Å²) in [5, 5.41) is 11.3. The van der Waals surface area contributed by atoms with Gasteiger partial charge < -0.3 is 10.4 Å². The lowest BCUT2D eigenvalue weighted by Gasteiger charge is -2.24. The molecule has 3 aromatic rings. The minimum atomic E-state index is -0.957. The maximum absolute atomic E-state index is 13.3. The molecular formula is C23H20FN3O4S. The first-order valence-corrected chi connectivity index (χ1v) is 10.8.